The highest BCUT2D eigenvalue weighted by atomic mass is 16.4. The Labute approximate surface area is 73.9 Å². The van der Waals surface area contributed by atoms with Crippen molar-refractivity contribution in [1.29, 1.82) is 0 Å². The summed E-state index contributed by atoms with van der Waals surface area (Å²) in [6, 6.07) is 0. The first-order chi connectivity index (χ1) is 5.36. The molecule has 0 aliphatic rings. The SMILES string of the molecule is CC(C)(C)C(=O)O.NCCCN. The molecule has 0 aliphatic carbocycles. The van der Waals surface area contributed by atoms with Gasteiger partial charge in [-0.15, -0.1) is 0 Å². The third-order valence-corrected chi connectivity index (χ3v) is 1.05. The zero-order valence-corrected chi connectivity index (χ0v) is 8.13. The fraction of sp³-hybridized carbons (Fsp3) is 0.875. The zero-order chi connectivity index (χ0) is 10.2. The molecule has 0 aromatic rings. The number of hydrogen-bond donors (Lipinski definition) is 3. The van der Waals surface area contributed by atoms with Crippen LogP contribution in [0.4, 0.5) is 0 Å². The van der Waals surface area contributed by atoms with E-state index in [2.05, 4.69) is 0 Å². The molecule has 0 unspecified atom stereocenters. The molecule has 74 valence electrons. The highest BCUT2D eigenvalue weighted by Crippen LogP contribution is 2.11. The maximum Gasteiger partial charge on any atom is 0.308 e. The van der Waals surface area contributed by atoms with Gasteiger partial charge in [-0.05, 0) is 40.3 Å². The molecule has 0 aromatic carbocycles. The average molecular weight is 176 g/mol. The van der Waals surface area contributed by atoms with Gasteiger partial charge in [0.15, 0.2) is 0 Å². The summed E-state index contributed by atoms with van der Waals surface area (Å²) in [5.74, 6) is -0.757. The average Bonchev–Trinajstić information content (AvgIpc) is 1.88. The lowest BCUT2D eigenvalue weighted by Crippen LogP contribution is -2.18. The van der Waals surface area contributed by atoms with Gasteiger partial charge in [-0.3, -0.25) is 4.79 Å². The molecule has 0 fully saturated rings. The van der Waals surface area contributed by atoms with Gasteiger partial charge in [0.2, 0.25) is 0 Å². The fourth-order valence-electron chi connectivity index (χ4n) is 0.118. The quantitative estimate of drug-likeness (QED) is 0.568. The van der Waals surface area contributed by atoms with Crippen molar-refractivity contribution in [1.82, 2.24) is 0 Å². The summed E-state index contributed by atoms with van der Waals surface area (Å²) in [5, 5.41) is 8.25. The fourth-order valence-corrected chi connectivity index (χ4v) is 0.118. The van der Waals surface area contributed by atoms with Crippen LogP contribution in [0.5, 0.6) is 0 Å². The third-order valence-electron chi connectivity index (χ3n) is 1.05. The molecular formula is C8H20N2O2. The van der Waals surface area contributed by atoms with Gasteiger partial charge in [0.25, 0.3) is 0 Å². The number of carboxylic acid groups (broad SMARTS) is 1. The minimum atomic E-state index is -0.757. The summed E-state index contributed by atoms with van der Waals surface area (Å²) < 4.78 is 0. The molecule has 5 N–H and O–H groups in total. The highest BCUT2D eigenvalue weighted by molar-refractivity contribution is 5.72. The Morgan fingerprint density at radius 3 is 1.50 bits per heavy atom. The van der Waals surface area contributed by atoms with Crippen molar-refractivity contribution >= 4 is 5.97 Å². The van der Waals surface area contributed by atoms with E-state index in [-0.39, 0.29) is 0 Å². The van der Waals surface area contributed by atoms with Crippen LogP contribution in [-0.4, -0.2) is 24.2 Å². The largest absolute Gasteiger partial charge is 0.481 e. The van der Waals surface area contributed by atoms with Crippen molar-refractivity contribution in [2.45, 2.75) is 27.2 Å². The molecule has 0 spiro atoms. The summed E-state index contributed by atoms with van der Waals surface area (Å²) in [5.41, 5.74) is 9.53. The Kier molecular flexibility index (Phi) is 8.21. The maximum absolute atomic E-state index is 10.0. The van der Waals surface area contributed by atoms with Crippen LogP contribution in [-0.2, 0) is 4.79 Å². The molecule has 0 radical (unpaired) electrons. The van der Waals surface area contributed by atoms with E-state index in [1.807, 2.05) is 0 Å². The highest BCUT2D eigenvalue weighted by Gasteiger charge is 2.18. The van der Waals surface area contributed by atoms with Crippen LogP contribution in [0.15, 0.2) is 0 Å². The van der Waals surface area contributed by atoms with Crippen molar-refractivity contribution in [3.8, 4) is 0 Å². The molecule has 12 heavy (non-hydrogen) atoms. The van der Waals surface area contributed by atoms with Crippen LogP contribution < -0.4 is 11.5 Å². The Balaban J connectivity index is 0. The van der Waals surface area contributed by atoms with Crippen LogP contribution in [0.25, 0.3) is 0 Å². The number of hydrogen-bond acceptors (Lipinski definition) is 3. The molecule has 4 nitrogen and oxygen atoms in total. The summed E-state index contributed by atoms with van der Waals surface area (Å²) in [4.78, 5) is 10.0. The van der Waals surface area contributed by atoms with Crippen molar-refractivity contribution < 1.29 is 9.90 Å². The molecule has 0 atom stereocenters. The van der Waals surface area contributed by atoms with Crippen molar-refractivity contribution in [3.63, 3.8) is 0 Å². The number of carbonyl (C=O) groups is 1. The summed E-state index contributed by atoms with van der Waals surface area (Å²) >= 11 is 0. The van der Waals surface area contributed by atoms with Gasteiger partial charge in [-0.25, -0.2) is 0 Å². The predicted octanol–water partition coefficient (Wildman–Crippen LogP) is 0.411. The second-order valence-corrected chi connectivity index (χ2v) is 3.49. The van der Waals surface area contributed by atoms with E-state index < -0.39 is 11.4 Å². The number of aliphatic carboxylic acids is 1. The normalized spacial score (nSPS) is 10.1. The molecule has 0 bridgehead atoms. The van der Waals surface area contributed by atoms with Gasteiger partial charge >= 0.3 is 5.97 Å². The van der Waals surface area contributed by atoms with Crippen LogP contribution in [0, 0.1) is 5.41 Å². The van der Waals surface area contributed by atoms with Crippen molar-refractivity contribution in [2.24, 2.45) is 16.9 Å². The smallest absolute Gasteiger partial charge is 0.308 e. The first-order valence-corrected chi connectivity index (χ1v) is 3.99. The maximum atomic E-state index is 10.0. The van der Waals surface area contributed by atoms with E-state index >= 15 is 0 Å². The van der Waals surface area contributed by atoms with Gasteiger partial charge in [0.05, 0.1) is 5.41 Å². The van der Waals surface area contributed by atoms with E-state index in [1.54, 1.807) is 20.8 Å². The van der Waals surface area contributed by atoms with Gasteiger partial charge in [0.1, 0.15) is 0 Å². The van der Waals surface area contributed by atoms with Crippen molar-refractivity contribution in [3.05, 3.63) is 0 Å². The van der Waals surface area contributed by atoms with Crippen LogP contribution in [0.2, 0.25) is 0 Å². The van der Waals surface area contributed by atoms with E-state index in [1.165, 1.54) is 0 Å². The summed E-state index contributed by atoms with van der Waals surface area (Å²) in [6.07, 6.45) is 0.944. The number of carboxylic acids is 1. The van der Waals surface area contributed by atoms with E-state index in [0.29, 0.717) is 0 Å². The first kappa shape index (κ1) is 13.9. The third kappa shape index (κ3) is 12.1. The molecule has 0 saturated heterocycles. The lowest BCUT2D eigenvalue weighted by molar-refractivity contribution is -0.145. The van der Waals surface area contributed by atoms with Crippen molar-refractivity contribution in [2.75, 3.05) is 13.1 Å². The van der Waals surface area contributed by atoms with Crippen LogP contribution in [0.1, 0.15) is 27.2 Å². The second-order valence-electron chi connectivity index (χ2n) is 3.49. The predicted molar refractivity (Wildman–Crippen MR) is 49.8 cm³/mol. The van der Waals surface area contributed by atoms with Crippen LogP contribution >= 0.6 is 0 Å². The molecule has 0 amide bonds. The monoisotopic (exact) mass is 176 g/mol. The molecule has 0 rings (SSSR count). The van der Waals surface area contributed by atoms with Gasteiger partial charge in [0, 0.05) is 0 Å². The number of nitrogens with two attached hydrogens (primary N) is 2. The Morgan fingerprint density at radius 2 is 1.50 bits per heavy atom. The first-order valence-electron chi connectivity index (χ1n) is 3.99. The van der Waals surface area contributed by atoms with Gasteiger partial charge in [-0.2, -0.15) is 0 Å². The minimum absolute atomic E-state index is 0.583. The standard InChI is InChI=1S/C5H10O2.C3H10N2/c1-5(2,3)4(6)7;4-2-1-3-5/h1-3H3,(H,6,7);1-5H2. The molecule has 0 saturated carbocycles. The molecule has 0 heterocycles. The summed E-state index contributed by atoms with van der Waals surface area (Å²) in [6.45, 7) is 6.42. The topological polar surface area (TPSA) is 89.3 Å². The van der Waals surface area contributed by atoms with Crippen LogP contribution in [0.3, 0.4) is 0 Å². The van der Waals surface area contributed by atoms with Gasteiger partial charge < -0.3 is 16.6 Å². The number of rotatable bonds is 2. The molecule has 4 heteroatoms. The molecule has 0 aromatic heterocycles. The zero-order valence-electron chi connectivity index (χ0n) is 8.13. The van der Waals surface area contributed by atoms with Gasteiger partial charge in [-0.1, -0.05) is 0 Å². The molecular weight excluding hydrogens is 156 g/mol. The second kappa shape index (κ2) is 7.06. The van der Waals surface area contributed by atoms with E-state index in [0.717, 1.165) is 19.5 Å². The lowest BCUT2D eigenvalue weighted by atomic mass is 9.98. The molecule has 0 aliphatic heterocycles. The summed E-state index contributed by atoms with van der Waals surface area (Å²) in [7, 11) is 0. The Bertz CT molecular complexity index is 117. The minimum Gasteiger partial charge on any atom is -0.481 e. The van der Waals surface area contributed by atoms with E-state index in [9.17, 15) is 4.79 Å². The Hall–Kier alpha value is -0.610. The lowest BCUT2D eigenvalue weighted by Gasteiger charge is -2.08. The Morgan fingerprint density at radius 1 is 1.25 bits per heavy atom. The van der Waals surface area contributed by atoms with E-state index in [4.69, 9.17) is 16.6 Å².